The Morgan fingerprint density at radius 1 is 1.11 bits per heavy atom. The molecular weight excluding hydrogens is 376 g/mol. The predicted molar refractivity (Wildman–Crippen MR) is 94.7 cm³/mol. The van der Waals surface area contributed by atoms with Gasteiger partial charge in [-0.2, -0.15) is 18.2 Å². The molecule has 0 radical (unpaired) electrons. The van der Waals surface area contributed by atoms with E-state index in [1.807, 2.05) is 0 Å². The highest BCUT2D eigenvalue weighted by Gasteiger charge is 2.14. The molecule has 3 aromatic rings. The SMILES string of the molecule is Cc1cc(=O)[nH]c(-n2[nH]c(C)c(N=Nc3ccc(S(=O)(=O)O)cc3)c2=O)n1. The van der Waals surface area contributed by atoms with E-state index in [1.165, 1.54) is 18.2 Å². The van der Waals surface area contributed by atoms with Gasteiger partial charge in [0, 0.05) is 11.8 Å². The monoisotopic (exact) mass is 390 g/mol. The van der Waals surface area contributed by atoms with Crippen molar-refractivity contribution in [1.82, 2.24) is 19.7 Å². The second kappa shape index (κ2) is 6.74. The zero-order chi connectivity index (χ0) is 19.8. The fourth-order valence-electron chi connectivity index (χ4n) is 2.27. The maximum Gasteiger partial charge on any atom is 0.301 e. The van der Waals surface area contributed by atoms with Crippen LogP contribution in [0.3, 0.4) is 0 Å². The first kappa shape index (κ1) is 18.4. The van der Waals surface area contributed by atoms with Crippen LogP contribution in [-0.2, 0) is 10.1 Å². The van der Waals surface area contributed by atoms with Crippen molar-refractivity contribution in [1.29, 1.82) is 0 Å². The number of H-pyrrole nitrogens is 2. The van der Waals surface area contributed by atoms with Crippen LogP contribution < -0.4 is 11.1 Å². The highest BCUT2D eigenvalue weighted by Crippen LogP contribution is 2.20. The van der Waals surface area contributed by atoms with E-state index >= 15 is 0 Å². The molecule has 1 aromatic carbocycles. The van der Waals surface area contributed by atoms with Crippen molar-refractivity contribution in [2.45, 2.75) is 18.7 Å². The van der Waals surface area contributed by atoms with Crippen LogP contribution in [0.5, 0.6) is 0 Å². The molecule has 0 amide bonds. The van der Waals surface area contributed by atoms with Gasteiger partial charge in [0.05, 0.1) is 16.3 Å². The van der Waals surface area contributed by atoms with Crippen LogP contribution in [0.4, 0.5) is 11.4 Å². The second-order valence-electron chi connectivity index (χ2n) is 5.61. The number of aromatic amines is 2. The lowest BCUT2D eigenvalue weighted by Crippen LogP contribution is -2.21. The van der Waals surface area contributed by atoms with Gasteiger partial charge in [0.15, 0.2) is 5.69 Å². The third-order valence-electron chi connectivity index (χ3n) is 3.51. The Labute approximate surface area is 152 Å². The number of benzene rings is 1. The Morgan fingerprint density at radius 3 is 2.37 bits per heavy atom. The van der Waals surface area contributed by atoms with Gasteiger partial charge in [0.1, 0.15) is 0 Å². The molecule has 0 unspecified atom stereocenters. The minimum atomic E-state index is -4.30. The Hall–Kier alpha value is -3.38. The standard InChI is InChI=1S/C15H14N6O5S/c1-8-7-12(22)17-15(16-8)21-14(23)13(9(2)20-21)19-18-10-3-5-11(6-4-10)27(24,25)26/h3-7,20H,1-2H3,(H,16,17,22)(H,24,25,26). The third-order valence-corrected chi connectivity index (χ3v) is 4.38. The smallest absolute Gasteiger partial charge is 0.291 e. The molecule has 0 aliphatic rings. The fourth-order valence-corrected chi connectivity index (χ4v) is 2.75. The molecule has 0 saturated heterocycles. The van der Waals surface area contributed by atoms with Crippen molar-refractivity contribution in [2.24, 2.45) is 10.2 Å². The minimum Gasteiger partial charge on any atom is -0.291 e. The summed E-state index contributed by atoms with van der Waals surface area (Å²) >= 11 is 0. The molecule has 0 atom stereocenters. The topological polar surface area (TPSA) is 163 Å². The predicted octanol–water partition coefficient (Wildman–Crippen LogP) is 1.53. The highest BCUT2D eigenvalue weighted by atomic mass is 32.2. The molecule has 0 bridgehead atoms. The Balaban J connectivity index is 1.97. The lowest BCUT2D eigenvalue weighted by molar-refractivity contribution is 0.483. The summed E-state index contributed by atoms with van der Waals surface area (Å²) < 4.78 is 32.0. The van der Waals surface area contributed by atoms with Crippen molar-refractivity contribution < 1.29 is 13.0 Å². The third kappa shape index (κ3) is 3.91. The van der Waals surface area contributed by atoms with Crippen LogP contribution in [-0.4, -0.2) is 32.7 Å². The summed E-state index contributed by atoms with van der Waals surface area (Å²) in [4.78, 5) is 30.4. The van der Waals surface area contributed by atoms with Gasteiger partial charge >= 0.3 is 5.56 Å². The summed E-state index contributed by atoms with van der Waals surface area (Å²) in [5.74, 6) is 0.0204. The zero-order valence-corrected chi connectivity index (χ0v) is 15.0. The molecule has 2 heterocycles. The van der Waals surface area contributed by atoms with Gasteiger partial charge < -0.3 is 0 Å². The summed E-state index contributed by atoms with van der Waals surface area (Å²) in [7, 11) is -4.30. The number of aromatic nitrogens is 4. The summed E-state index contributed by atoms with van der Waals surface area (Å²) in [5.41, 5.74) is 0.129. The number of hydrogen-bond donors (Lipinski definition) is 3. The van der Waals surface area contributed by atoms with Crippen LogP contribution in [0.1, 0.15) is 11.4 Å². The molecule has 140 valence electrons. The summed E-state index contributed by atoms with van der Waals surface area (Å²) in [6.07, 6.45) is 0. The van der Waals surface area contributed by atoms with E-state index in [-0.39, 0.29) is 22.2 Å². The normalized spacial score (nSPS) is 12.0. The molecule has 0 saturated carbocycles. The largest absolute Gasteiger partial charge is 0.301 e. The lowest BCUT2D eigenvalue weighted by atomic mass is 10.3. The van der Waals surface area contributed by atoms with E-state index < -0.39 is 21.2 Å². The Bertz CT molecular complexity index is 1250. The maximum absolute atomic E-state index is 12.5. The van der Waals surface area contributed by atoms with E-state index in [0.717, 1.165) is 16.8 Å². The molecule has 11 nitrogen and oxygen atoms in total. The minimum absolute atomic E-state index is 0.00184. The van der Waals surface area contributed by atoms with Gasteiger partial charge in [-0.05, 0) is 38.1 Å². The van der Waals surface area contributed by atoms with E-state index in [9.17, 15) is 18.0 Å². The van der Waals surface area contributed by atoms with Crippen LogP contribution in [0, 0.1) is 13.8 Å². The van der Waals surface area contributed by atoms with Crippen molar-refractivity contribution in [2.75, 3.05) is 0 Å². The fraction of sp³-hybridized carbons (Fsp3) is 0.133. The van der Waals surface area contributed by atoms with Gasteiger partial charge in [0.25, 0.3) is 15.7 Å². The van der Waals surface area contributed by atoms with Crippen molar-refractivity contribution in [3.8, 4) is 5.95 Å². The molecule has 0 fully saturated rings. The molecule has 0 spiro atoms. The second-order valence-corrected chi connectivity index (χ2v) is 7.03. The first-order valence-electron chi connectivity index (χ1n) is 7.54. The number of hydrogen-bond acceptors (Lipinski definition) is 7. The van der Waals surface area contributed by atoms with Crippen molar-refractivity contribution in [3.05, 3.63) is 62.4 Å². The lowest BCUT2D eigenvalue weighted by Gasteiger charge is -2.00. The van der Waals surface area contributed by atoms with Crippen molar-refractivity contribution >= 4 is 21.5 Å². The van der Waals surface area contributed by atoms with Crippen LogP contribution in [0.2, 0.25) is 0 Å². The number of nitrogens with one attached hydrogen (secondary N) is 2. The molecule has 2 aromatic heterocycles. The average molecular weight is 390 g/mol. The van der Waals surface area contributed by atoms with E-state index in [0.29, 0.717) is 11.4 Å². The average Bonchev–Trinajstić information content (AvgIpc) is 2.86. The first-order chi connectivity index (χ1) is 12.6. The molecule has 0 aliphatic carbocycles. The van der Waals surface area contributed by atoms with Gasteiger partial charge in [-0.3, -0.25) is 24.2 Å². The van der Waals surface area contributed by atoms with Crippen LogP contribution in [0.15, 0.2) is 55.0 Å². The van der Waals surface area contributed by atoms with Gasteiger partial charge in [-0.25, -0.2) is 4.98 Å². The molecule has 27 heavy (non-hydrogen) atoms. The quantitative estimate of drug-likeness (QED) is 0.452. The van der Waals surface area contributed by atoms with Crippen LogP contribution in [0.25, 0.3) is 5.95 Å². The highest BCUT2D eigenvalue weighted by molar-refractivity contribution is 7.85. The maximum atomic E-state index is 12.5. The molecular formula is C15H14N6O5S. The van der Waals surface area contributed by atoms with Gasteiger partial charge in [0.2, 0.25) is 5.95 Å². The number of nitrogens with zero attached hydrogens (tertiary/aromatic N) is 4. The first-order valence-corrected chi connectivity index (χ1v) is 8.98. The van der Waals surface area contributed by atoms with E-state index in [1.54, 1.807) is 13.8 Å². The number of azo groups is 1. The summed E-state index contributed by atoms with van der Waals surface area (Å²) in [6, 6.07) is 6.27. The number of aryl methyl sites for hydroxylation is 2. The molecule has 12 heteroatoms. The number of rotatable bonds is 4. The van der Waals surface area contributed by atoms with Gasteiger partial charge in [-0.15, -0.1) is 5.11 Å². The zero-order valence-electron chi connectivity index (χ0n) is 14.2. The summed E-state index contributed by atoms with van der Waals surface area (Å²) in [6.45, 7) is 3.22. The molecule has 3 N–H and O–H groups in total. The van der Waals surface area contributed by atoms with Crippen molar-refractivity contribution in [3.63, 3.8) is 0 Å². The summed E-state index contributed by atoms with van der Waals surface area (Å²) in [5, 5.41) is 10.5. The van der Waals surface area contributed by atoms with Crippen LogP contribution >= 0.6 is 0 Å². The Kier molecular flexibility index (Phi) is 4.59. The Morgan fingerprint density at radius 2 is 1.78 bits per heavy atom. The molecule has 3 rings (SSSR count). The van der Waals surface area contributed by atoms with Gasteiger partial charge in [-0.1, -0.05) is 0 Å². The van der Waals surface area contributed by atoms with E-state index in [4.69, 9.17) is 4.55 Å². The molecule has 0 aliphatic heterocycles. The van der Waals surface area contributed by atoms with E-state index in [2.05, 4.69) is 25.3 Å².